The SMILES string of the molecule is COc1ccc(CCC(=O)N[C@@H](C)c2ccc(C)cc2C)cc1C. The average molecular weight is 325 g/mol. The zero-order valence-electron chi connectivity index (χ0n) is 15.3. The third kappa shape index (κ3) is 4.60. The van der Waals surface area contributed by atoms with Crippen molar-refractivity contribution in [2.75, 3.05) is 7.11 Å². The summed E-state index contributed by atoms with van der Waals surface area (Å²) in [7, 11) is 1.67. The Balaban J connectivity index is 1.92. The zero-order chi connectivity index (χ0) is 17.7. The number of benzene rings is 2. The lowest BCUT2D eigenvalue weighted by molar-refractivity contribution is -0.121. The molecule has 3 nitrogen and oxygen atoms in total. The van der Waals surface area contributed by atoms with Crippen LogP contribution in [0.25, 0.3) is 0 Å². The van der Waals surface area contributed by atoms with Gasteiger partial charge in [0.25, 0.3) is 0 Å². The maximum absolute atomic E-state index is 12.3. The Morgan fingerprint density at radius 2 is 1.83 bits per heavy atom. The van der Waals surface area contributed by atoms with Gasteiger partial charge in [-0.2, -0.15) is 0 Å². The highest BCUT2D eigenvalue weighted by Gasteiger charge is 2.12. The highest BCUT2D eigenvalue weighted by atomic mass is 16.5. The van der Waals surface area contributed by atoms with Crippen LogP contribution < -0.4 is 10.1 Å². The summed E-state index contributed by atoms with van der Waals surface area (Å²) in [6.45, 7) is 8.22. The van der Waals surface area contributed by atoms with Gasteiger partial charge in [0.15, 0.2) is 0 Å². The number of methoxy groups -OCH3 is 1. The van der Waals surface area contributed by atoms with Crippen LogP contribution in [0.4, 0.5) is 0 Å². The van der Waals surface area contributed by atoms with Gasteiger partial charge in [0, 0.05) is 6.42 Å². The first-order chi connectivity index (χ1) is 11.4. The van der Waals surface area contributed by atoms with E-state index in [1.807, 2.05) is 26.0 Å². The van der Waals surface area contributed by atoms with E-state index in [0.29, 0.717) is 6.42 Å². The molecule has 24 heavy (non-hydrogen) atoms. The molecule has 1 amide bonds. The standard InChI is InChI=1S/C21H27NO2/c1-14-6-9-19(15(2)12-14)17(4)22-21(23)11-8-18-7-10-20(24-5)16(3)13-18/h6-7,9-10,12-13,17H,8,11H2,1-5H3,(H,22,23)/t17-/m0/s1. The van der Waals surface area contributed by atoms with Crippen LogP contribution in [0.5, 0.6) is 5.75 Å². The van der Waals surface area contributed by atoms with Crippen molar-refractivity contribution < 1.29 is 9.53 Å². The van der Waals surface area contributed by atoms with Crippen molar-refractivity contribution in [1.29, 1.82) is 0 Å². The highest BCUT2D eigenvalue weighted by Crippen LogP contribution is 2.20. The van der Waals surface area contributed by atoms with Crippen LogP contribution in [0.15, 0.2) is 36.4 Å². The van der Waals surface area contributed by atoms with Crippen molar-refractivity contribution in [2.45, 2.75) is 46.6 Å². The van der Waals surface area contributed by atoms with Crippen LogP contribution in [0, 0.1) is 20.8 Å². The number of carbonyl (C=O) groups excluding carboxylic acids is 1. The quantitative estimate of drug-likeness (QED) is 0.853. The van der Waals surface area contributed by atoms with E-state index in [1.165, 1.54) is 16.7 Å². The molecule has 0 saturated carbocycles. The number of rotatable bonds is 6. The molecule has 0 bridgehead atoms. The molecule has 0 aromatic heterocycles. The van der Waals surface area contributed by atoms with E-state index in [4.69, 9.17) is 4.74 Å². The minimum atomic E-state index is 0.0238. The fourth-order valence-corrected chi connectivity index (χ4v) is 3.06. The Kier molecular flexibility index (Phi) is 6.02. The number of nitrogens with one attached hydrogen (secondary N) is 1. The van der Waals surface area contributed by atoms with E-state index in [-0.39, 0.29) is 11.9 Å². The van der Waals surface area contributed by atoms with E-state index >= 15 is 0 Å². The van der Waals surface area contributed by atoms with Gasteiger partial charge in [-0.25, -0.2) is 0 Å². The molecule has 128 valence electrons. The highest BCUT2D eigenvalue weighted by molar-refractivity contribution is 5.76. The third-order valence-corrected chi connectivity index (χ3v) is 4.37. The zero-order valence-corrected chi connectivity index (χ0v) is 15.3. The number of amides is 1. The number of hydrogen-bond donors (Lipinski definition) is 1. The molecule has 0 spiro atoms. The molecule has 0 heterocycles. The van der Waals surface area contributed by atoms with Gasteiger partial charge >= 0.3 is 0 Å². The van der Waals surface area contributed by atoms with E-state index in [2.05, 4.69) is 43.4 Å². The maximum atomic E-state index is 12.3. The first-order valence-electron chi connectivity index (χ1n) is 8.40. The van der Waals surface area contributed by atoms with Gasteiger partial charge in [0.2, 0.25) is 5.91 Å². The maximum Gasteiger partial charge on any atom is 0.220 e. The minimum absolute atomic E-state index is 0.0238. The van der Waals surface area contributed by atoms with Crippen LogP contribution in [0.1, 0.15) is 47.2 Å². The topological polar surface area (TPSA) is 38.3 Å². The summed E-state index contributed by atoms with van der Waals surface area (Å²) in [5, 5.41) is 3.10. The second-order valence-electron chi connectivity index (χ2n) is 6.45. The van der Waals surface area contributed by atoms with Gasteiger partial charge in [-0.05, 0) is 62.4 Å². The van der Waals surface area contributed by atoms with Crippen LogP contribution in [-0.2, 0) is 11.2 Å². The molecular weight excluding hydrogens is 298 g/mol. The minimum Gasteiger partial charge on any atom is -0.496 e. The number of carbonyl (C=O) groups is 1. The van der Waals surface area contributed by atoms with Gasteiger partial charge in [-0.15, -0.1) is 0 Å². The Morgan fingerprint density at radius 3 is 2.46 bits per heavy atom. The molecule has 0 radical (unpaired) electrons. The van der Waals surface area contributed by atoms with Crippen molar-refractivity contribution in [2.24, 2.45) is 0 Å². The summed E-state index contributed by atoms with van der Waals surface area (Å²) in [5.74, 6) is 0.961. The van der Waals surface area contributed by atoms with Crippen molar-refractivity contribution in [1.82, 2.24) is 5.32 Å². The lowest BCUT2D eigenvalue weighted by Gasteiger charge is -2.17. The molecule has 2 rings (SSSR count). The first kappa shape index (κ1) is 18.1. The summed E-state index contributed by atoms with van der Waals surface area (Å²) in [5.41, 5.74) is 5.88. The van der Waals surface area contributed by atoms with Crippen molar-refractivity contribution in [3.8, 4) is 5.75 Å². The summed E-state index contributed by atoms with van der Waals surface area (Å²) in [6.07, 6.45) is 1.22. The molecule has 3 heteroatoms. The predicted octanol–water partition coefficient (Wildman–Crippen LogP) is 4.43. The monoisotopic (exact) mass is 325 g/mol. The number of ether oxygens (including phenoxy) is 1. The largest absolute Gasteiger partial charge is 0.496 e. The van der Waals surface area contributed by atoms with E-state index in [9.17, 15) is 4.79 Å². The molecule has 1 N–H and O–H groups in total. The molecule has 2 aromatic rings. The molecule has 0 fully saturated rings. The Morgan fingerprint density at radius 1 is 1.08 bits per heavy atom. The van der Waals surface area contributed by atoms with Crippen molar-refractivity contribution in [3.05, 3.63) is 64.2 Å². The molecule has 0 aliphatic carbocycles. The van der Waals surface area contributed by atoms with Crippen molar-refractivity contribution in [3.63, 3.8) is 0 Å². The average Bonchev–Trinajstić information content (AvgIpc) is 2.52. The Hall–Kier alpha value is -2.29. The number of hydrogen-bond acceptors (Lipinski definition) is 2. The van der Waals surface area contributed by atoms with E-state index < -0.39 is 0 Å². The van der Waals surface area contributed by atoms with Crippen LogP contribution in [0.3, 0.4) is 0 Å². The predicted molar refractivity (Wildman–Crippen MR) is 98.5 cm³/mol. The Bertz CT molecular complexity index is 722. The second-order valence-corrected chi connectivity index (χ2v) is 6.45. The molecule has 0 aliphatic heterocycles. The molecule has 0 saturated heterocycles. The normalized spacial score (nSPS) is 11.9. The van der Waals surface area contributed by atoms with Crippen LogP contribution >= 0.6 is 0 Å². The smallest absolute Gasteiger partial charge is 0.220 e. The van der Waals surface area contributed by atoms with Gasteiger partial charge < -0.3 is 10.1 Å². The molecule has 2 aromatic carbocycles. The molecule has 1 atom stereocenters. The molecular formula is C21H27NO2. The van der Waals surface area contributed by atoms with Crippen LogP contribution in [0.2, 0.25) is 0 Å². The fourth-order valence-electron chi connectivity index (χ4n) is 3.06. The first-order valence-corrected chi connectivity index (χ1v) is 8.40. The molecule has 0 aliphatic rings. The number of aryl methyl sites for hydroxylation is 4. The lowest BCUT2D eigenvalue weighted by atomic mass is 10.00. The van der Waals surface area contributed by atoms with E-state index in [1.54, 1.807) is 7.11 Å². The summed E-state index contributed by atoms with van der Waals surface area (Å²) in [6, 6.07) is 12.4. The van der Waals surface area contributed by atoms with Gasteiger partial charge in [0.1, 0.15) is 5.75 Å². The fraction of sp³-hybridized carbons (Fsp3) is 0.381. The van der Waals surface area contributed by atoms with Gasteiger partial charge in [-0.3, -0.25) is 4.79 Å². The van der Waals surface area contributed by atoms with Gasteiger partial charge in [-0.1, -0.05) is 35.9 Å². The molecule has 0 unspecified atom stereocenters. The second kappa shape index (κ2) is 8.00. The van der Waals surface area contributed by atoms with Crippen molar-refractivity contribution >= 4 is 5.91 Å². The summed E-state index contributed by atoms with van der Waals surface area (Å²) < 4.78 is 5.27. The van der Waals surface area contributed by atoms with Crippen LogP contribution in [-0.4, -0.2) is 13.0 Å². The summed E-state index contributed by atoms with van der Waals surface area (Å²) in [4.78, 5) is 12.3. The third-order valence-electron chi connectivity index (χ3n) is 4.37. The summed E-state index contributed by atoms with van der Waals surface area (Å²) >= 11 is 0. The van der Waals surface area contributed by atoms with E-state index in [0.717, 1.165) is 23.3 Å². The van der Waals surface area contributed by atoms with Gasteiger partial charge in [0.05, 0.1) is 13.2 Å². The Labute approximate surface area is 145 Å². The lowest BCUT2D eigenvalue weighted by Crippen LogP contribution is -2.27.